The first-order valence-corrected chi connectivity index (χ1v) is 8.72. The third kappa shape index (κ3) is 4.74. The van der Waals surface area contributed by atoms with Crippen LogP contribution in [0.4, 0.5) is 8.78 Å². The summed E-state index contributed by atoms with van der Waals surface area (Å²) in [5.74, 6) is -1.81. The normalized spacial score (nSPS) is 14.2. The molecular formula is C19H17ClF2N2O3. The molecule has 8 heteroatoms. The van der Waals surface area contributed by atoms with E-state index >= 15 is 0 Å². The van der Waals surface area contributed by atoms with Crippen molar-refractivity contribution in [2.24, 2.45) is 0 Å². The summed E-state index contributed by atoms with van der Waals surface area (Å²) in [6.07, 6.45) is 0. The average Bonchev–Trinajstić information content (AvgIpc) is 2.67. The van der Waals surface area contributed by atoms with Gasteiger partial charge in [-0.25, -0.2) is 8.78 Å². The molecule has 2 amide bonds. The van der Waals surface area contributed by atoms with Gasteiger partial charge in [0.2, 0.25) is 0 Å². The lowest BCUT2D eigenvalue weighted by Crippen LogP contribution is -2.51. The highest BCUT2D eigenvalue weighted by Gasteiger charge is 2.26. The van der Waals surface area contributed by atoms with Crippen LogP contribution in [0, 0.1) is 11.6 Å². The van der Waals surface area contributed by atoms with E-state index in [1.807, 2.05) is 0 Å². The SMILES string of the molecule is O=C(COc1ccc(Cl)cc1)N1CCN(C(=O)c2ccc(F)cc2F)CC1. The Hall–Kier alpha value is -2.67. The van der Waals surface area contributed by atoms with Gasteiger partial charge < -0.3 is 14.5 Å². The second-order valence-electron chi connectivity index (χ2n) is 6.04. The summed E-state index contributed by atoms with van der Waals surface area (Å²) in [6, 6.07) is 9.53. The van der Waals surface area contributed by atoms with Crippen LogP contribution in [0.15, 0.2) is 42.5 Å². The van der Waals surface area contributed by atoms with Crippen molar-refractivity contribution in [3.05, 3.63) is 64.7 Å². The van der Waals surface area contributed by atoms with Gasteiger partial charge in [0.1, 0.15) is 17.4 Å². The number of carbonyl (C=O) groups is 2. The Balaban J connectivity index is 1.51. The van der Waals surface area contributed by atoms with Crippen LogP contribution in [0.25, 0.3) is 0 Å². The highest BCUT2D eigenvalue weighted by Crippen LogP contribution is 2.16. The van der Waals surface area contributed by atoms with Gasteiger partial charge in [-0.15, -0.1) is 0 Å². The van der Waals surface area contributed by atoms with Gasteiger partial charge in [-0.1, -0.05) is 11.6 Å². The number of benzene rings is 2. The first-order valence-electron chi connectivity index (χ1n) is 8.34. The average molecular weight is 395 g/mol. The Morgan fingerprint density at radius 2 is 1.59 bits per heavy atom. The van der Waals surface area contributed by atoms with Crippen LogP contribution in [0.3, 0.4) is 0 Å². The molecule has 1 aliphatic rings. The summed E-state index contributed by atoms with van der Waals surface area (Å²) < 4.78 is 32.2. The van der Waals surface area contributed by atoms with E-state index < -0.39 is 17.5 Å². The van der Waals surface area contributed by atoms with E-state index in [0.29, 0.717) is 29.9 Å². The minimum Gasteiger partial charge on any atom is -0.484 e. The maximum Gasteiger partial charge on any atom is 0.260 e. The molecule has 0 saturated carbocycles. The first kappa shape index (κ1) is 19.1. The fourth-order valence-corrected chi connectivity index (χ4v) is 2.89. The highest BCUT2D eigenvalue weighted by molar-refractivity contribution is 6.30. The molecule has 142 valence electrons. The van der Waals surface area contributed by atoms with Crippen LogP contribution in [-0.2, 0) is 4.79 Å². The molecule has 0 aliphatic carbocycles. The third-order valence-electron chi connectivity index (χ3n) is 4.26. The zero-order valence-corrected chi connectivity index (χ0v) is 15.1. The van der Waals surface area contributed by atoms with Gasteiger partial charge >= 0.3 is 0 Å². The monoisotopic (exact) mass is 394 g/mol. The second-order valence-corrected chi connectivity index (χ2v) is 6.48. The minimum atomic E-state index is -0.894. The molecule has 1 heterocycles. The summed E-state index contributed by atoms with van der Waals surface area (Å²) in [7, 11) is 0. The Morgan fingerprint density at radius 1 is 0.963 bits per heavy atom. The Bertz CT molecular complexity index is 837. The van der Waals surface area contributed by atoms with Crippen molar-refractivity contribution < 1.29 is 23.1 Å². The molecule has 1 aliphatic heterocycles. The number of nitrogens with zero attached hydrogens (tertiary/aromatic N) is 2. The van der Waals surface area contributed by atoms with Crippen molar-refractivity contribution in [1.29, 1.82) is 0 Å². The summed E-state index contributed by atoms with van der Waals surface area (Å²) in [6.45, 7) is 1.04. The molecule has 1 saturated heterocycles. The quantitative estimate of drug-likeness (QED) is 0.801. The maximum absolute atomic E-state index is 13.8. The van der Waals surface area contributed by atoms with Crippen molar-refractivity contribution in [3.63, 3.8) is 0 Å². The zero-order chi connectivity index (χ0) is 19.4. The summed E-state index contributed by atoms with van der Waals surface area (Å²) in [5, 5.41) is 0.576. The highest BCUT2D eigenvalue weighted by atomic mass is 35.5. The standard InChI is InChI=1S/C19H17ClF2N2O3/c20-13-1-4-15(5-2-13)27-12-18(25)23-7-9-24(10-8-23)19(26)16-6-3-14(21)11-17(16)22/h1-6,11H,7-10,12H2. The molecule has 0 spiro atoms. The number of amides is 2. The van der Waals surface area contributed by atoms with Crippen molar-refractivity contribution >= 4 is 23.4 Å². The smallest absolute Gasteiger partial charge is 0.260 e. The number of rotatable bonds is 4. The molecule has 0 bridgehead atoms. The van der Waals surface area contributed by atoms with Crippen molar-refractivity contribution in [3.8, 4) is 5.75 Å². The minimum absolute atomic E-state index is 0.123. The number of ether oxygens (including phenoxy) is 1. The predicted octanol–water partition coefficient (Wildman–Crippen LogP) is 2.98. The topological polar surface area (TPSA) is 49.9 Å². The van der Waals surface area contributed by atoms with E-state index in [9.17, 15) is 18.4 Å². The fourth-order valence-electron chi connectivity index (χ4n) is 2.76. The zero-order valence-electron chi connectivity index (χ0n) is 14.3. The molecule has 5 nitrogen and oxygen atoms in total. The number of piperazine rings is 1. The van der Waals surface area contributed by atoms with Crippen LogP contribution in [0.1, 0.15) is 10.4 Å². The Morgan fingerprint density at radius 3 is 2.22 bits per heavy atom. The van der Waals surface area contributed by atoms with Crippen molar-refractivity contribution in [2.45, 2.75) is 0 Å². The van der Waals surface area contributed by atoms with E-state index in [-0.39, 0.29) is 31.2 Å². The number of carbonyl (C=O) groups excluding carboxylic acids is 2. The number of hydrogen-bond donors (Lipinski definition) is 0. The van der Waals surface area contributed by atoms with Gasteiger partial charge in [0.05, 0.1) is 5.56 Å². The third-order valence-corrected chi connectivity index (χ3v) is 4.51. The van der Waals surface area contributed by atoms with Crippen LogP contribution < -0.4 is 4.74 Å². The molecule has 0 unspecified atom stereocenters. The van der Waals surface area contributed by atoms with Crippen LogP contribution in [-0.4, -0.2) is 54.4 Å². The molecule has 0 radical (unpaired) electrons. The van der Waals surface area contributed by atoms with Crippen LogP contribution in [0.5, 0.6) is 5.75 Å². The lowest BCUT2D eigenvalue weighted by atomic mass is 10.1. The van der Waals surface area contributed by atoms with E-state index in [2.05, 4.69) is 0 Å². The lowest BCUT2D eigenvalue weighted by molar-refractivity contribution is -0.134. The molecule has 2 aromatic carbocycles. The van der Waals surface area contributed by atoms with Crippen molar-refractivity contribution in [1.82, 2.24) is 9.80 Å². The van der Waals surface area contributed by atoms with Gasteiger partial charge in [0.15, 0.2) is 6.61 Å². The summed E-state index contributed by atoms with van der Waals surface area (Å²) >= 11 is 5.79. The number of hydrogen-bond acceptors (Lipinski definition) is 3. The van der Waals surface area contributed by atoms with Crippen LogP contribution in [0.2, 0.25) is 5.02 Å². The maximum atomic E-state index is 13.8. The van der Waals surface area contributed by atoms with E-state index in [1.54, 1.807) is 29.2 Å². The largest absolute Gasteiger partial charge is 0.484 e. The van der Waals surface area contributed by atoms with Crippen molar-refractivity contribution in [2.75, 3.05) is 32.8 Å². The van der Waals surface area contributed by atoms with E-state index in [0.717, 1.165) is 12.1 Å². The molecular weight excluding hydrogens is 378 g/mol. The van der Waals surface area contributed by atoms with Gasteiger partial charge in [-0.05, 0) is 36.4 Å². The van der Waals surface area contributed by atoms with Gasteiger partial charge in [-0.3, -0.25) is 9.59 Å². The molecule has 0 N–H and O–H groups in total. The van der Waals surface area contributed by atoms with E-state index in [1.165, 1.54) is 4.90 Å². The van der Waals surface area contributed by atoms with E-state index in [4.69, 9.17) is 16.3 Å². The van der Waals surface area contributed by atoms with Gasteiger partial charge in [0.25, 0.3) is 11.8 Å². The van der Waals surface area contributed by atoms with Gasteiger partial charge in [0, 0.05) is 37.3 Å². The molecule has 0 atom stereocenters. The molecule has 0 aromatic heterocycles. The van der Waals surface area contributed by atoms with Crippen LogP contribution >= 0.6 is 11.6 Å². The molecule has 1 fully saturated rings. The fraction of sp³-hybridized carbons (Fsp3) is 0.263. The van der Waals surface area contributed by atoms with Gasteiger partial charge in [-0.2, -0.15) is 0 Å². The lowest BCUT2D eigenvalue weighted by Gasteiger charge is -2.34. The molecule has 2 aromatic rings. The molecule has 3 rings (SSSR count). The summed E-state index contributed by atoms with van der Waals surface area (Å²) in [4.78, 5) is 27.6. The Labute approximate surface area is 160 Å². The molecule has 27 heavy (non-hydrogen) atoms. The summed E-state index contributed by atoms with van der Waals surface area (Å²) in [5.41, 5.74) is -0.178. The first-order chi connectivity index (χ1) is 12.9. The predicted molar refractivity (Wildman–Crippen MR) is 95.8 cm³/mol. The number of halogens is 3. The second kappa shape index (κ2) is 8.35. The Kier molecular flexibility index (Phi) is 5.91.